The van der Waals surface area contributed by atoms with E-state index in [1.807, 2.05) is 0 Å². The van der Waals surface area contributed by atoms with E-state index in [0.29, 0.717) is 5.92 Å². The van der Waals surface area contributed by atoms with Crippen LogP contribution in [-0.4, -0.2) is 11.0 Å². The fraction of sp³-hybridized carbons (Fsp3) is 0.688. The summed E-state index contributed by atoms with van der Waals surface area (Å²) >= 11 is 0. The molecule has 0 unspecified atom stereocenters. The van der Waals surface area contributed by atoms with E-state index in [9.17, 15) is 4.79 Å². The Morgan fingerprint density at radius 3 is 2.79 bits per heavy atom. The summed E-state index contributed by atoms with van der Waals surface area (Å²) in [5, 5.41) is 3.02. The van der Waals surface area contributed by atoms with Crippen molar-refractivity contribution in [3.63, 3.8) is 0 Å². The molecule has 1 aromatic heterocycles. The van der Waals surface area contributed by atoms with Crippen LogP contribution in [0.3, 0.4) is 0 Å². The first-order chi connectivity index (χ1) is 9.13. The maximum Gasteiger partial charge on any atom is 0.207 e. The lowest BCUT2D eigenvalue weighted by Gasteiger charge is -2.26. The van der Waals surface area contributed by atoms with Crippen LogP contribution >= 0.6 is 0 Å². The maximum absolute atomic E-state index is 10.8. The minimum Gasteiger partial charge on any atom is -0.350 e. The van der Waals surface area contributed by atoms with E-state index in [-0.39, 0.29) is 6.04 Å². The van der Waals surface area contributed by atoms with E-state index in [0.717, 1.165) is 18.7 Å². The number of hydrogen-bond acceptors (Lipinski definition) is 1. The first-order valence-electron chi connectivity index (χ1n) is 7.53. The van der Waals surface area contributed by atoms with Gasteiger partial charge in [-0.1, -0.05) is 13.8 Å². The summed E-state index contributed by atoms with van der Waals surface area (Å²) in [6.07, 6.45) is 6.82. The van der Waals surface area contributed by atoms with Crippen LogP contribution in [0, 0.1) is 5.92 Å². The van der Waals surface area contributed by atoms with Gasteiger partial charge in [0.1, 0.15) is 0 Å². The van der Waals surface area contributed by atoms with Gasteiger partial charge in [-0.3, -0.25) is 4.79 Å². The summed E-state index contributed by atoms with van der Waals surface area (Å²) in [5.41, 5.74) is 6.05. The highest BCUT2D eigenvalue weighted by atomic mass is 16.1. The Hall–Kier alpha value is -1.25. The average molecular weight is 260 g/mol. The zero-order chi connectivity index (χ0) is 13.6. The Labute approximate surface area is 115 Å². The Bertz CT molecular complexity index is 503. The van der Waals surface area contributed by atoms with E-state index in [1.165, 1.54) is 37.1 Å². The summed E-state index contributed by atoms with van der Waals surface area (Å²) in [7, 11) is 2.19. The van der Waals surface area contributed by atoms with Gasteiger partial charge >= 0.3 is 0 Å². The van der Waals surface area contributed by atoms with Crippen LogP contribution in [0.5, 0.6) is 0 Å². The molecule has 3 rings (SSSR count). The van der Waals surface area contributed by atoms with Gasteiger partial charge in [-0.25, -0.2) is 0 Å². The van der Waals surface area contributed by atoms with Gasteiger partial charge in [-0.15, -0.1) is 0 Å². The Morgan fingerprint density at radius 2 is 2.05 bits per heavy atom. The molecule has 2 aliphatic carbocycles. The van der Waals surface area contributed by atoms with Gasteiger partial charge in [0.15, 0.2) is 0 Å². The summed E-state index contributed by atoms with van der Waals surface area (Å²) in [6, 6.07) is 0.222. The number of carbonyl (C=O) groups excluding carboxylic acids is 1. The number of nitrogens with zero attached hydrogens (tertiary/aromatic N) is 1. The topological polar surface area (TPSA) is 34.0 Å². The third-order valence-corrected chi connectivity index (χ3v) is 5.00. The van der Waals surface area contributed by atoms with Crippen LogP contribution in [0.15, 0.2) is 0 Å². The normalized spacial score (nSPS) is 29.5. The number of fused-ring (bicyclic) bond motifs is 3. The Balaban J connectivity index is 2.13. The van der Waals surface area contributed by atoms with Gasteiger partial charge in [0.05, 0.1) is 6.04 Å². The number of carbonyl (C=O) groups is 1. The monoisotopic (exact) mass is 260 g/mol. The third kappa shape index (κ3) is 1.90. The van der Waals surface area contributed by atoms with Crippen LogP contribution in [0.4, 0.5) is 0 Å². The first kappa shape index (κ1) is 12.8. The van der Waals surface area contributed by atoms with E-state index in [4.69, 9.17) is 0 Å². The number of hydrogen-bond donors (Lipinski definition) is 1. The second-order valence-electron chi connectivity index (χ2n) is 6.46. The van der Waals surface area contributed by atoms with Gasteiger partial charge in [0, 0.05) is 18.4 Å². The fourth-order valence-corrected chi connectivity index (χ4v) is 4.43. The molecule has 1 aromatic rings. The number of rotatable bonds is 2. The van der Waals surface area contributed by atoms with Crippen molar-refractivity contribution in [2.45, 2.75) is 57.9 Å². The third-order valence-electron chi connectivity index (χ3n) is 5.00. The molecule has 0 spiro atoms. The lowest BCUT2D eigenvalue weighted by Crippen LogP contribution is -2.25. The SMILES string of the molecule is C[C@@H]1Cc2c3c(n(C)c2[C@@H](C)C1)[C@@H](NC=O)CCC3. The molecule has 1 N–H and O–H groups in total. The highest BCUT2D eigenvalue weighted by molar-refractivity contribution is 5.51. The summed E-state index contributed by atoms with van der Waals surface area (Å²) in [4.78, 5) is 10.8. The molecule has 0 saturated carbocycles. The molecule has 1 heterocycles. The van der Waals surface area contributed by atoms with Crippen molar-refractivity contribution in [1.29, 1.82) is 0 Å². The van der Waals surface area contributed by atoms with Gasteiger partial charge in [0.25, 0.3) is 0 Å². The van der Waals surface area contributed by atoms with E-state index in [2.05, 4.69) is 30.8 Å². The molecule has 1 amide bonds. The zero-order valence-corrected chi connectivity index (χ0v) is 12.2. The largest absolute Gasteiger partial charge is 0.350 e. The average Bonchev–Trinajstić information content (AvgIpc) is 2.64. The van der Waals surface area contributed by atoms with Crippen molar-refractivity contribution >= 4 is 6.41 Å². The highest BCUT2D eigenvalue weighted by Crippen LogP contribution is 2.43. The molecule has 0 bridgehead atoms. The number of amides is 1. The Kier molecular flexibility index (Phi) is 3.15. The van der Waals surface area contributed by atoms with Crippen LogP contribution in [0.25, 0.3) is 0 Å². The maximum atomic E-state index is 10.8. The van der Waals surface area contributed by atoms with Gasteiger partial charge < -0.3 is 9.88 Å². The van der Waals surface area contributed by atoms with E-state index < -0.39 is 0 Å². The molecule has 19 heavy (non-hydrogen) atoms. The fourth-order valence-electron chi connectivity index (χ4n) is 4.43. The van der Waals surface area contributed by atoms with Crippen LogP contribution in [0.1, 0.15) is 67.6 Å². The van der Waals surface area contributed by atoms with Crippen molar-refractivity contribution < 1.29 is 4.79 Å². The molecular weight excluding hydrogens is 236 g/mol. The van der Waals surface area contributed by atoms with Crippen LogP contribution in [-0.2, 0) is 24.7 Å². The molecule has 0 saturated heterocycles. The van der Waals surface area contributed by atoms with E-state index in [1.54, 1.807) is 11.1 Å². The lowest BCUT2D eigenvalue weighted by atomic mass is 9.79. The molecule has 3 atom stereocenters. The van der Waals surface area contributed by atoms with Crippen LogP contribution in [0.2, 0.25) is 0 Å². The highest BCUT2D eigenvalue weighted by Gasteiger charge is 2.33. The van der Waals surface area contributed by atoms with Crippen molar-refractivity contribution in [2.24, 2.45) is 13.0 Å². The standard InChI is InChI=1S/C16H24N2O/c1-10-7-11(2)15-13(8-10)12-5-4-6-14(17-9-19)16(12)18(15)3/h9-11,14H,4-8H2,1-3H3,(H,17,19)/t10-,11-,14-/m0/s1. The first-order valence-corrected chi connectivity index (χ1v) is 7.53. The lowest BCUT2D eigenvalue weighted by molar-refractivity contribution is -0.110. The molecule has 3 heteroatoms. The Morgan fingerprint density at radius 1 is 1.26 bits per heavy atom. The minimum absolute atomic E-state index is 0.222. The number of aromatic nitrogens is 1. The summed E-state index contributed by atoms with van der Waals surface area (Å²) in [6.45, 7) is 4.71. The molecule has 3 nitrogen and oxygen atoms in total. The van der Waals surface area contributed by atoms with Gasteiger partial charge in [0.2, 0.25) is 6.41 Å². The molecule has 2 aliphatic rings. The van der Waals surface area contributed by atoms with Gasteiger partial charge in [-0.05, 0) is 55.1 Å². The van der Waals surface area contributed by atoms with Gasteiger partial charge in [-0.2, -0.15) is 0 Å². The van der Waals surface area contributed by atoms with Crippen molar-refractivity contribution in [1.82, 2.24) is 9.88 Å². The molecule has 104 valence electrons. The molecule has 0 fully saturated rings. The molecule has 0 aliphatic heterocycles. The van der Waals surface area contributed by atoms with E-state index >= 15 is 0 Å². The van der Waals surface area contributed by atoms with Crippen LogP contribution < -0.4 is 5.32 Å². The number of nitrogens with one attached hydrogen (secondary N) is 1. The molecule has 0 radical (unpaired) electrons. The van der Waals surface area contributed by atoms with Crippen molar-refractivity contribution in [2.75, 3.05) is 0 Å². The zero-order valence-electron chi connectivity index (χ0n) is 12.2. The second kappa shape index (κ2) is 4.69. The molecule has 0 aromatic carbocycles. The summed E-state index contributed by atoms with van der Waals surface area (Å²) in [5.74, 6) is 1.43. The predicted octanol–water partition coefficient (Wildman–Crippen LogP) is 2.83. The van der Waals surface area contributed by atoms with Crippen molar-refractivity contribution in [3.05, 3.63) is 22.5 Å². The predicted molar refractivity (Wildman–Crippen MR) is 76.2 cm³/mol. The molecular formula is C16H24N2O. The second-order valence-corrected chi connectivity index (χ2v) is 6.46. The summed E-state index contributed by atoms with van der Waals surface area (Å²) < 4.78 is 2.39. The minimum atomic E-state index is 0.222. The van der Waals surface area contributed by atoms with Crippen molar-refractivity contribution in [3.8, 4) is 0 Å². The quantitative estimate of drug-likeness (QED) is 0.815. The smallest absolute Gasteiger partial charge is 0.207 e.